The summed E-state index contributed by atoms with van der Waals surface area (Å²) < 4.78 is 12.1. The highest BCUT2D eigenvalue weighted by atomic mass is 16.7. The maximum atomic E-state index is 11.3. The van der Waals surface area contributed by atoms with Gasteiger partial charge in [0.15, 0.2) is 0 Å². The molecule has 0 aliphatic carbocycles. The molecule has 0 aromatic heterocycles. The van der Waals surface area contributed by atoms with Crippen molar-refractivity contribution in [3.8, 4) is 5.75 Å². The quantitative estimate of drug-likeness (QED) is 0.710. The van der Waals surface area contributed by atoms with Gasteiger partial charge in [0.2, 0.25) is 5.91 Å². The van der Waals surface area contributed by atoms with Gasteiger partial charge >= 0.3 is 7.12 Å². The van der Waals surface area contributed by atoms with Gasteiger partial charge in [-0.05, 0) is 50.9 Å². The number of carbonyl (C=O) groups is 1. The van der Waals surface area contributed by atoms with E-state index in [1.807, 2.05) is 33.8 Å². The van der Waals surface area contributed by atoms with Gasteiger partial charge in [-0.15, -0.1) is 0 Å². The zero-order chi connectivity index (χ0) is 18.8. The fraction of sp³-hybridized carbons (Fsp3) is 0.500. The van der Waals surface area contributed by atoms with Crippen molar-refractivity contribution in [1.29, 1.82) is 0 Å². The molecular weight excluding hydrogens is 321 g/mol. The topological polar surface area (TPSA) is 88.0 Å². The molecule has 0 atom stereocenters. The third kappa shape index (κ3) is 4.42. The molecule has 7 heteroatoms. The first-order valence-corrected chi connectivity index (χ1v) is 8.29. The average molecular weight is 347 g/mol. The van der Waals surface area contributed by atoms with Crippen molar-refractivity contribution in [2.75, 3.05) is 6.54 Å². The lowest BCUT2D eigenvalue weighted by molar-refractivity contribution is -0.118. The van der Waals surface area contributed by atoms with Gasteiger partial charge in [0, 0.05) is 19.0 Å². The summed E-state index contributed by atoms with van der Waals surface area (Å²) >= 11 is 0. The number of nitrogens with one attached hydrogen (secondary N) is 1. The van der Waals surface area contributed by atoms with E-state index in [2.05, 4.69) is 5.32 Å². The molecular formula is C18H26BNO5. The zero-order valence-electron chi connectivity index (χ0n) is 15.4. The lowest BCUT2D eigenvalue weighted by atomic mass is 9.77. The lowest BCUT2D eigenvalue weighted by Gasteiger charge is -2.32. The second-order valence-electron chi connectivity index (χ2n) is 7.26. The average Bonchev–Trinajstić information content (AvgIpc) is 2.73. The number of rotatable bonds is 5. The summed E-state index contributed by atoms with van der Waals surface area (Å²) in [5.41, 5.74) is 0.984. The number of hydrogen-bond donors (Lipinski definition) is 3. The molecule has 1 aromatic carbocycles. The van der Waals surface area contributed by atoms with E-state index in [4.69, 9.17) is 9.31 Å². The normalized spacial score (nSPS) is 19.1. The highest BCUT2D eigenvalue weighted by Crippen LogP contribution is 2.38. The summed E-state index contributed by atoms with van der Waals surface area (Å²) in [5, 5.41) is 21.8. The number of carbonyl (C=O) groups excluding carboxylic acids is 1. The van der Waals surface area contributed by atoms with E-state index in [9.17, 15) is 15.0 Å². The number of hydrogen-bond acceptors (Lipinski definition) is 5. The smallest absolute Gasteiger partial charge is 0.492 e. The van der Waals surface area contributed by atoms with Crippen molar-refractivity contribution in [2.45, 2.75) is 52.4 Å². The molecule has 25 heavy (non-hydrogen) atoms. The molecule has 2 rings (SSSR count). The summed E-state index contributed by atoms with van der Waals surface area (Å²) in [7, 11) is -0.594. The predicted octanol–water partition coefficient (Wildman–Crippen LogP) is 2.04. The molecule has 1 aliphatic rings. The van der Waals surface area contributed by atoms with E-state index in [1.165, 1.54) is 13.0 Å². The Morgan fingerprint density at radius 2 is 1.84 bits per heavy atom. The van der Waals surface area contributed by atoms with Crippen LogP contribution in [-0.2, 0) is 20.7 Å². The lowest BCUT2D eigenvalue weighted by Crippen LogP contribution is -2.41. The molecule has 1 saturated heterocycles. The minimum atomic E-state index is -0.594. The van der Waals surface area contributed by atoms with Gasteiger partial charge in [-0.25, -0.2) is 0 Å². The highest BCUT2D eigenvalue weighted by molar-refractivity contribution is 6.56. The Kier molecular flexibility index (Phi) is 5.61. The van der Waals surface area contributed by atoms with Crippen LogP contribution in [0, 0.1) is 0 Å². The third-order valence-electron chi connectivity index (χ3n) is 4.72. The molecule has 1 aromatic rings. The summed E-state index contributed by atoms with van der Waals surface area (Å²) in [5.74, 6) is -0.108. The first kappa shape index (κ1) is 19.5. The molecule has 136 valence electrons. The minimum Gasteiger partial charge on any atom is -0.508 e. The SMILES string of the molecule is CC(=O)NCC(=Cc1ccc(O)c(CO)c1)B1OC(C)(C)C(C)(C)O1. The van der Waals surface area contributed by atoms with Crippen LogP contribution in [0.2, 0.25) is 0 Å². The minimum absolute atomic E-state index is 0.0405. The number of benzene rings is 1. The van der Waals surface area contributed by atoms with Crippen LogP contribution in [0.25, 0.3) is 6.08 Å². The van der Waals surface area contributed by atoms with Crippen LogP contribution in [-0.4, -0.2) is 41.0 Å². The summed E-state index contributed by atoms with van der Waals surface area (Å²) in [6.07, 6.45) is 1.84. The van der Waals surface area contributed by atoms with Crippen LogP contribution in [0.15, 0.2) is 23.7 Å². The Bertz CT molecular complexity index is 668. The molecule has 0 radical (unpaired) electrons. The molecule has 1 fully saturated rings. The summed E-state index contributed by atoms with van der Waals surface area (Å²) in [6.45, 7) is 9.33. The molecule has 0 bridgehead atoms. The van der Waals surface area contributed by atoms with Gasteiger partial charge in [-0.2, -0.15) is 0 Å². The van der Waals surface area contributed by atoms with E-state index in [0.717, 1.165) is 11.0 Å². The van der Waals surface area contributed by atoms with Gasteiger partial charge in [0.1, 0.15) is 5.75 Å². The largest absolute Gasteiger partial charge is 0.508 e. The van der Waals surface area contributed by atoms with Crippen molar-refractivity contribution in [3.63, 3.8) is 0 Å². The van der Waals surface area contributed by atoms with Gasteiger partial charge in [-0.1, -0.05) is 12.1 Å². The Hall–Kier alpha value is -1.83. The number of aliphatic hydroxyl groups excluding tert-OH is 1. The molecule has 6 nitrogen and oxygen atoms in total. The second kappa shape index (κ2) is 7.19. The Balaban J connectivity index is 2.35. The molecule has 0 spiro atoms. The van der Waals surface area contributed by atoms with E-state index >= 15 is 0 Å². The standard InChI is InChI=1S/C18H26BNO5/c1-12(22)20-10-15(19-24-17(2,3)18(4,5)25-19)9-13-6-7-16(23)14(8-13)11-21/h6-9,21,23H,10-11H2,1-5H3,(H,20,22). The van der Waals surface area contributed by atoms with Crippen LogP contribution >= 0.6 is 0 Å². The second-order valence-corrected chi connectivity index (χ2v) is 7.26. The van der Waals surface area contributed by atoms with Crippen molar-refractivity contribution in [2.24, 2.45) is 0 Å². The van der Waals surface area contributed by atoms with Gasteiger partial charge in [-0.3, -0.25) is 4.79 Å². The molecule has 0 unspecified atom stereocenters. The summed E-state index contributed by atoms with van der Waals surface area (Å²) in [6, 6.07) is 4.94. The fourth-order valence-electron chi connectivity index (χ4n) is 2.46. The monoisotopic (exact) mass is 347 g/mol. The Labute approximate surface area is 149 Å². The van der Waals surface area contributed by atoms with Crippen LogP contribution in [0.3, 0.4) is 0 Å². The number of amides is 1. The fourth-order valence-corrected chi connectivity index (χ4v) is 2.46. The van der Waals surface area contributed by atoms with Gasteiger partial charge < -0.3 is 24.8 Å². The molecule has 3 N–H and O–H groups in total. The van der Waals surface area contributed by atoms with Crippen molar-refractivity contribution in [3.05, 3.63) is 34.8 Å². The van der Waals surface area contributed by atoms with Crippen molar-refractivity contribution in [1.82, 2.24) is 5.32 Å². The van der Waals surface area contributed by atoms with Crippen LogP contribution in [0.5, 0.6) is 5.75 Å². The van der Waals surface area contributed by atoms with E-state index in [1.54, 1.807) is 12.1 Å². The molecule has 1 heterocycles. The first-order valence-electron chi connectivity index (χ1n) is 8.29. The zero-order valence-corrected chi connectivity index (χ0v) is 15.4. The highest BCUT2D eigenvalue weighted by Gasteiger charge is 2.52. The van der Waals surface area contributed by atoms with Crippen molar-refractivity contribution >= 4 is 19.1 Å². The number of aromatic hydroxyl groups is 1. The maximum Gasteiger partial charge on any atom is 0.492 e. The van der Waals surface area contributed by atoms with Crippen LogP contribution < -0.4 is 5.32 Å². The Morgan fingerprint density at radius 1 is 1.24 bits per heavy atom. The third-order valence-corrected chi connectivity index (χ3v) is 4.72. The first-order chi connectivity index (χ1) is 11.6. The molecule has 1 amide bonds. The number of aliphatic hydroxyl groups is 1. The van der Waals surface area contributed by atoms with Crippen molar-refractivity contribution < 1.29 is 24.3 Å². The predicted molar refractivity (Wildman–Crippen MR) is 96.8 cm³/mol. The van der Waals surface area contributed by atoms with E-state index in [0.29, 0.717) is 5.56 Å². The van der Waals surface area contributed by atoms with E-state index in [-0.39, 0.29) is 24.8 Å². The molecule has 0 saturated carbocycles. The van der Waals surface area contributed by atoms with Gasteiger partial charge in [0.25, 0.3) is 0 Å². The molecule has 1 aliphatic heterocycles. The Morgan fingerprint density at radius 3 is 2.36 bits per heavy atom. The maximum absolute atomic E-state index is 11.3. The number of phenols is 1. The van der Waals surface area contributed by atoms with Crippen LogP contribution in [0.4, 0.5) is 0 Å². The summed E-state index contributed by atoms with van der Waals surface area (Å²) in [4.78, 5) is 11.3. The van der Waals surface area contributed by atoms with E-state index < -0.39 is 18.3 Å². The van der Waals surface area contributed by atoms with Gasteiger partial charge in [0.05, 0.1) is 17.8 Å². The van der Waals surface area contributed by atoms with Crippen LogP contribution in [0.1, 0.15) is 45.7 Å².